The summed E-state index contributed by atoms with van der Waals surface area (Å²) in [6.45, 7) is 3.12. The van der Waals surface area contributed by atoms with Gasteiger partial charge in [0.25, 0.3) is 5.65 Å². The summed E-state index contributed by atoms with van der Waals surface area (Å²) in [7, 11) is 0. The van der Waals surface area contributed by atoms with Crippen molar-refractivity contribution in [3.63, 3.8) is 0 Å². The highest BCUT2D eigenvalue weighted by Crippen LogP contribution is 2.32. The van der Waals surface area contributed by atoms with Crippen LogP contribution in [0.4, 0.5) is 0 Å². The van der Waals surface area contributed by atoms with Crippen LogP contribution in [0, 0.1) is 6.92 Å². The Morgan fingerprint density at radius 3 is 2.79 bits per heavy atom. The van der Waals surface area contributed by atoms with E-state index < -0.39 is 0 Å². The molecule has 0 bridgehead atoms. The van der Waals surface area contributed by atoms with Crippen molar-refractivity contribution in [3.05, 3.63) is 53.9 Å². The standard InChI is InChI=1S/C16H12N3/c1-10-6-7-12-11-4-2-3-5-13(11)16-17-9-18-8-14(10)15(12)19(16)18/h2-7,9H,8H2,1H3/q+1. The maximum Gasteiger partial charge on any atom is 0.308 e. The van der Waals surface area contributed by atoms with Crippen LogP contribution in [0.2, 0.25) is 0 Å². The first-order chi connectivity index (χ1) is 9.34. The lowest BCUT2D eigenvalue weighted by Gasteiger charge is -2.05. The number of benzene rings is 2. The Kier molecular flexibility index (Phi) is 1.47. The number of nitrogens with zero attached hydrogens (tertiary/aromatic N) is 3. The summed E-state index contributed by atoms with van der Waals surface area (Å²) in [5.41, 5.74) is 5.18. The molecule has 90 valence electrons. The molecule has 0 atom stereocenters. The average molecular weight is 246 g/mol. The molecule has 5 rings (SSSR count). The minimum atomic E-state index is 0.927. The van der Waals surface area contributed by atoms with Crippen LogP contribution in [0.25, 0.3) is 27.3 Å². The van der Waals surface area contributed by atoms with Crippen LogP contribution < -0.4 is 4.68 Å². The maximum absolute atomic E-state index is 4.60. The number of hydrogen-bond donors (Lipinski definition) is 0. The SMILES string of the molecule is Cc1ccc2c3ccccc3c3nc[n+]4n3c2c1C4. The molecule has 0 saturated carbocycles. The van der Waals surface area contributed by atoms with Crippen molar-refractivity contribution in [3.8, 4) is 0 Å². The minimum Gasteiger partial charge on any atom is -0.146 e. The third-order valence-corrected chi connectivity index (χ3v) is 4.28. The quantitative estimate of drug-likeness (QED) is 0.304. The van der Waals surface area contributed by atoms with Gasteiger partial charge in [0, 0.05) is 10.9 Å². The van der Waals surface area contributed by atoms with Gasteiger partial charge in [-0.2, -0.15) is 0 Å². The van der Waals surface area contributed by atoms with E-state index in [0.717, 1.165) is 12.2 Å². The van der Waals surface area contributed by atoms with Gasteiger partial charge in [-0.1, -0.05) is 30.3 Å². The molecule has 2 aromatic carbocycles. The molecule has 0 unspecified atom stereocenters. The van der Waals surface area contributed by atoms with Gasteiger partial charge in [-0.05, 0) is 28.9 Å². The molecule has 1 aliphatic heterocycles. The highest BCUT2D eigenvalue weighted by Gasteiger charge is 2.27. The second-order valence-electron chi connectivity index (χ2n) is 5.28. The summed E-state index contributed by atoms with van der Waals surface area (Å²) in [4.78, 5) is 4.60. The van der Waals surface area contributed by atoms with Crippen LogP contribution >= 0.6 is 0 Å². The van der Waals surface area contributed by atoms with E-state index >= 15 is 0 Å². The van der Waals surface area contributed by atoms with E-state index in [1.807, 2.05) is 6.33 Å². The molecule has 4 aromatic rings. The van der Waals surface area contributed by atoms with Gasteiger partial charge < -0.3 is 0 Å². The van der Waals surface area contributed by atoms with Gasteiger partial charge >= 0.3 is 6.33 Å². The van der Waals surface area contributed by atoms with Crippen molar-refractivity contribution >= 4 is 27.3 Å². The molecule has 0 saturated heterocycles. The summed E-state index contributed by atoms with van der Waals surface area (Å²) >= 11 is 0. The van der Waals surface area contributed by atoms with E-state index in [1.165, 1.54) is 32.8 Å². The fourth-order valence-electron chi connectivity index (χ4n) is 3.35. The molecule has 0 spiro atoms. The number of fused-ring (bicyclic) bond motifs is 3. The lowest BCUT2D eigenvalue weighted by Crippen LogP contribution is -2.35. The third-order valence-electron chi connectivity index (χ3n) is 4.28. The Balaban J connectivity index is 2.26. The highest BCUT2D eigenvalue weighted by molar-refractivity contribution is 6.12. The maximum atomic E-state index is 4.60. The predicted octanol–water partition coefficient (Wildman–Crippen LogP) is 2.60. The second kappa shape index (κ2) is 2.94. The van der Waals surface area contributed by atoms with Gasteiger partial charge in [0.2, 0.25) is 0 Å². The molecule has 0 N–H and O–H groups in total. The number of hydrogen-bond acceptors (Lipinski definition) is 1. The van der Waals surface area contributed by atoms with Gasteiger partial charge in [-0.25, -0.2) is 0 Å². The zero-order valence-corrected chi connectivity index (χ0v) is 10.6. The van der Waals surface area contributed by atoms with Gasteiger partial charge in [0.1, 0.15) is 12.1 Å². The van der Waals surface area contributed by atoms with Crippen molar-refractivity contribution < 1.29 is 4.68 Å². The first-order valence-electron chi connectivity index (χ1n) is 6.55. The molecule has 0 amide bonds. The summed E-state index contributed by atoms with van der Waals surface area (Å²) in [6.07, 6.45) is 1.95. The molecule has 3 heterocycles. The number of aryl methyl sites for hydroxylation is 1. The van der Waals surface area contributed by atoms with Crippen LogP contribution in [0.3, 0.4) is 0 Å². The molecule has 0 aliphatic carbocycles. The molecule has 19 heavy (non-hydrogen) atoms. The van der Waals surface area contributed by atoms with Crippen LogP contribution in [0.5, 0.6) is 0 Å². The van der Waals surface area contributed by atoms with Crippen LogP contribution in [-0.2, 0) is 6.54 Å². The van der Waals surface area contributed by atoms with Crippen molar-refractivity contribution in [1.29, 1.82) is 0 Å². The topological polar surface area (TPSA) is 21.2 Å². The van der Waals surface area contributed by atoms with Crippen molar-refractivity contribution in [1.82, 2.24) is 9.50 Å². The van der Waals surface area contributed by atoms with E-state index in [0.29, 0.717) is 0 Å². The Hall–Kier alpha value is -2.42. The van der Waals surface area contributed by atoms with E-state index in [2.05, 4.69) is 57.5 Å². The molecule has 3 heteroatoms. The Morgan fingerprint density at radius 1 is 1.05 bits per heavy atom. The molecular formula is C16H12N3+. The van der Waals surface area contributed by atoms with Crippen LogP contribution in [0.15, 0.2) is 42.7 Å². The van der Waals surface area contributed by atoms with E-state index in [9.17, 15) is 0 Å². The summed E-state index contributed by atoms with van der Waals surface area (Å²) < 4.78 is 4.46. The van der Waals surface area contributed by atoms with Crippen molar-refractivity contribution in [2.45, 2.75) is 13.5 Å². The Labute approximate surface area is 109 Å². The molecule has 2 aromatic heterocycles. The van der Waals surface area contributed by atoms with Crippen molar-refractivity contribution in [2.75, 3.05) is 0 Å². The Bertz CT molecular complexity index is 995. The fraction of sp³-hybridized carbons (Fsp3) is 0.125. The monoisotopic (exact) mass is 246 g/mol. The summed E-state index contributed by atoms with van der Waals surface area (Å²) in [5.74, 6) is 0. The van der Waals surface area contributed by atoms with E-state index in [1.54, 1.807) is 0 Å². The normalized spacial score (nSPS) is 13.3. The second-order valence-corrected chi connectivity index (χ2v) is 5.28. The minimum absolute atomic E-state index is 0.927. The average Bonchev–Trinajstić information content (AvgIpc) is 3.01. The first-order valence-corrected chi connectivity index (χ1v) is 6.55. The summed E-state index contributed by atoms with van der Waals surface area (Å²) in [5, 5.41) is 3.85. The van der Waals surface area contributed by atoms with Crippen LogP contribution in [-0.4, -0.2) is 9.50 Å². The lowest BCUT2D eigenvalue weighted by molar-refractivity contribution is -0.746. The first kappa shape index (κ1) is 9.50. The van der Waals surface area contributed by atoms with Crippen molar-refractivity contribution in [2.24, 2.45) is 0 Å². The smallest absolute Gasteiger partial charge is 0.146 e. The van der Waals surface area contributed by atoms with E-state index in [4.69, 9.17) is 0 Å². The number of rotatable bonds is 0. The molecule has 1 aliphatic rings. The third kappa shape index (κ3) is 0.964. The largest absolute Gasteiger partial charge is 0.308 e. The van der Waals surface area contributed by atoms with E-state index in [-0.39, 0.29) is 0 Å². The number of pyridine rings is 1. The zero-order chi connectivity index (χ0) is 12.6. The van der Waals surface area contributed by atoms with Gasteiger partial charge in [-0.3, -0.25) is 0 Å². The van der Waals surface area contributed by atoms with Gasteiger partial charge in [0.15, 0.2) is 0 Å². The zero-order valence-electron chi connectivity index (χ0n) is 10.6. The summed E-state index contributed by atoms with van der Waals surface area (Å²) in [6, 6.07) is 13.0. The highest BCUT2D eigenvalue weighted by atomic mass is 15.4. The van der Waals surface area contributed by atoms with Gasteiger partial charge in [0.05, 0.1) is 5.39 Å². The van der Waals surface area contributed by atoms with Gasteiger partial charge in [-0.15, -0.1) is 9.20 Å². The molecule has 0 radical (unpaired) electrons. The molecular weight excluding hydrogens is 234 g/mol. The lowest BCUT2D eigenvalue weighted by atomic mass is 10.0. The molecule has 3 nitrogen and oxygen atoms in total. The predicted molar refractivity (Wildman–Crippen MR) is 74.2 cm³/mol. The fourth-order valence-corrected chi connectivity index (χ4v) is 3.35. The molecule has 0 fully saturated rings. The van der Waals surface area contributed by atoms with Crippen LogP contribution in [0.1, 0.15) is 11.1 Å². The number of aromatic nitrogens is 3. The Morgan fingerprint density at radius 2 is 1.89 bits per heavy atom.